The smallest absolute Gasteiger partial charge is 0.261 e. The largest absolute Gasteiger partial charge is 0.394 e. The van der Waals surface area contributed by atoms with Gasteiger partial charge in [-0.3, -0.25) is 0 Å². The van der Waals surface area contributed by atoms with Gasteiger partial charge in [-0.15, -0.1) is 0 Å². The molecule has 2 atom stereocenters. The van der Waals surface area contributed by atoms with E-state index < -0.39 is 25.2 Å². The summed E-state index contributed by atoms with van der Waals surface area (Å²) in [7, 11) is 0. The van der Waals surface area contributed by atoms with E-state index in [1.54, 1.807) is 0 Å². The molecule has 2 unspecified atom stereocenters. The number of aliphatic hydroxyl groups excluding tert-OH is 1. The zero-order valence-corrected chi connectivity index (χ0v) is 7.91. The van der Waals surface area contributed by atoms with Crippen LogP contribution in [-0.2, 0) is 4.74 Å². The van der Waals surface area contributed by atoms with Gasteiger partial charge in [0.25, 0.3) is 6.43 Å². The Morgan fingerprint density at radius 2 is 1.92 bits per heavy atom. The van der Waals surface area contributed by atoms with Gasteiger partial charge >= 0.3 is 0 Å². The highest BCUT2D eigenvalue weighted by Gasteiger charge is 2.21. The van der Waals surface area contributed by atoms with E-state index in [4.69, 9.17) is 15.6 Å². The molecule has 0 saturated carbocycles. The second-order valence-corrected chi connectivity index (χ2v) is 3.27. The summed E-state index contributed by atoms with van der Waals surface area (Å²) in [5.74, 6) is 0.0924. The standard InChI is InChI=1S/C8H17F2NO2/c1-5(2)8(11)6(3-12)13-4-7(9)10/h5-8,12H,3-4,11H2,1-2H3. The van der Waals surface area contributed by atoms with Crippen molar-refractivity contribution in [3.05, 3.63) is 0 Å². The van der Waals surface area contributed by atoms with Crippen molar-refractivity contribution in [3.8, 4) is 0 Å². The van der Waals surface area contributed by atoms with Crippen LogP contribution in [0.3, 0.4) is 0 Å². The molecule has 0 aliphatic rings. The Labute approximate surface area is 76.9 Å². The molecular formula is C8H17F2NO2. The van der Waals surface area contributed by atoms with Crippen LogP contribution in [0.5, 0.6) is 0 Å². The normalized spacial score (nSPS) is 16.6. The lowest BCUT2D eigenvalue weighted by molar-refractivity contribution is -0.0582. The predicted octanol–water partition coefficient (Wildman–Crippen LogP) is 0.612. The van der Waals surface area contributed by atoms with E-state index in [2.05, 4.69) is 0 Å². The maximum absolute atomic E-state index is 11.7. The number of hydrogen-bond donors (Lipinski definition) is 2. The molecule has 0 rings (SSSR count). The lowest BCUT2D eigenvalue weighted by Crippen LogP contribution is -2.43. The second-order valence-electron chi connectivity index (χ2n) is 3.27. The number of ether oxygens (including phenoxy) is 1. The number of hydrogen-bond acceptors (Lipinski definition) is 3. The van der Waals surface area contributed by atoms with Crippen LogP contribution in [0.25, 0.3) is 0 Å². The van der Waals surface area contributed by atoms with Crippen LogP contribution in [0.2, 0.25) is 0 Å². The lowest BCUT2D eigenvalue weighted by Gasteiger charge is -2.25. The summed E-state index contributed by atoms with van der Waals surface area (Å²) in [5.41, 5.74) is 5.63. The molecule has 0 heterocycles. The fourth-order valence-corrected chi connectivity index (χ4v) is 0.911. The van der Waals surface area contributed by atoms with E-state index in [0.29, 0.717) is 0 Å². The molecule has 0 amide bonds. The van der Waals surface area contributed by atoms with Crippen molar-refractivity contribution >= 4 is 0 Å². The van der Waals surface area contributed by atoms with Gasteiger partial charge in [0.15, 0.2) is 0 Å². The third-order valence-corrected chi connectivity index (χ3v) is 1.82. The summed E-state index contributed by atoms with van der Waals surface area (Å²) in [6.45, 7) is 2.69. The van der Waals surface area contributed by atoms with E-state index in [1.807, 2.05) is 13.8 Å². The van der Waals surface area contributed by atoms with E-state index in [9.17, 15) is 8.78 Å². The van der Waals surface area contributed by atoms with E-state index in [1.165, 1.54) is 0 Å². The van der Waals surface area contributed by atoms with Crippen LogP contribution in [0.1, 0.15) is 13.8 Å². The SMILES string of the molecule is CC(C)C(N)C(CO)OCC(F)F. The van der Waals surface area contributed by atoms with Crippen molar-refractivity contribution in [2.45, 2.75) is 32.4 Å². The van der Waals surface area contributed by atoms with Crippen LogP contribution in [0.15, 0.2) is 0 Å². The third-order valence-electron chi connectivity index (χ3n) is 1.82. The second kappa shape index (κ2) is 6.23. The molecular weight excluding hydrogens is 180 g/mol. The van der Waals surface area contributed by atoms with Gasteiger partial charge in [0.2, 0.25) is 0 Å². The Balaban J connectivity index is 3.87. The molecule has 0 radical (unpaired) electrons. The summed E-state index contributed by atoms with van der Waals surface area (Å²) in [5, 5.41) is 8.81. The van der Waals surface area contributed by atoms with Crippen molar-refractivity contribution in [2.75, 3.05) is 13.2 Å². The molecule has 5 heteroatoms. The van der Waals surface area contributed by atoms with Crippen LogP contribution in [0, 0.1) is 5.92 Å². The molecule has 0 aromatic heterocycles. The fraction of sp³-hybridized carbons (Fsp3) is 1.00. The average molecular weight is 197 g/mol. The zero-order valence-electron chi connectivity index (χ0n) is 7.91. The first-order valence-electron chi connectivity index (χ1n) is 4.25. The van der Waals surface area contributed by atoms with Gasteiger partial charge in [-0.2, -0.15) is 0 Å². The highest BCUT2D eigenvalue weighted by molar-refractivity contribution is 4.75. The minimum absolute atomic E-state index is 0.0924. The number of nitrogens with two attached hydrogens (primary N) is 1. The molecule has 0 bridgehead atoms. The molecule has 80 valence electrons. The first kappa shape index (κ1) is 12.7. The number of alkyl halides is 2. The topological polar surface area (TPSA) is 55.5 Å². The van der Waals surface area contributed by atoms with Crippen molar-refractivity contribution in [3.63, 3.8) is 0 Å². The van der Waals surface area contributed by atoms with Crippen LogP contribution >= 0.6 is 0 Å². The maximum Gasteiger partial charge on any atom is 0.261 e. The first-order chi connectivity index (χ1) is 5.99. The Hall–Kier alpha value is -0.260. The summed E-state index contributed by atoms with van der Waals surface area (Å²) >= 11 is 0. The Kier molecular flexibility index (Phi) is 6.11. The first-order valence-corrected chi connectivity index (χ1v) is 4.25. The summed E-state index contributed by atoms with van der Waals surface area (Å²) < 4.78 is 28.2. The van der Waals surface area contributed by atoms with Gasteiger partial charge in [-0.25, -0.2) is 8.78 Å². The van der Waals surface area contributed by atoms with Gasteiger partial charge in [0.1, 0.15) is 6.61 Å². The summed E-state index contributed by atoms with van der Waals surface area (Å²) in [4.78, 5) is 0. The fourth-order valence-electron chi connectivity index (χ4n) is 0.911. The van der Waals surface area contributed by atoms with Crippen molar-refractivity contribution in [1.29, 1.82) is 0 Å². The van der Waals surface area contributed by atoms with Gasteiger partial charge < -0.3 is 15.6 Å². The summed E-state index contributed by atoms with van der Waals surface area (Å²) in [6.07, 6.45) is -3.22. The Morgan fingerprint density at radius 3 is 2.23 bits per heavy atom. The molecule has 3 nitrogen and oxygen atoms in total. The van der Waals surface area contributed by atoms with Gasteiger partial charge in [-0.1, -0.05) is 13.8 Å². The highest BCUT2D eigenvalue weighted by atomic mass is 19.3. The lowest BCUT2D eigenvalue weighted by atomic mass is 10.0. The molecule has 0 aliphatic carbocycles. The third kappa shape index (κ3) is 5.13. The molecule has 0 fully saturated rings. The number of aliphatic hydroxyl groups is 1. The van der Waals surface area contributed by atoms with Crippen LogP contribution < -0.4 is 5.73 Å². The van der Waals surface area contributed by atoms with E-state index in [0.717, 1.165) is 0 Å². The molecule has 0 aliphatic heterocycles. The highest BCUT2D eigenvalue weighted by Crippen LogP contribution is 2.08. The minimum atomic E-state index is -2.52. The van der Waals surface area contributed by atoms with Crippen LogP contribution in [-0.4, -0.2) is 36.9 Å². The number of halogens is 2. The van der Waals surface area contributed by atoms with Crippen molar-refractivity contribution < 1.29 is 18.6 Å². The van der Waals surface area contributed by atoms with Crippen LogP contribution in [0.4, 0.5) is 8.78 Å². The monoisotopic (exact) mass is 197 g/mol. The molecule has 0 saturated heterocycles. The molecule has 0 aromatic carbocycles. The Morgan fingerprint density at radius 1 is 1.38 bits per heavy atom. The average Bonchev–Trinajstić information content (AvgIpc) is 2.04. The Bertz CT molecular complexity index is 133. The maximum atomic E-state index is 11.7. The molecule has 13 heavy (non-hydrogen) atoms. The quantitative estimate of drug-likeness (QED) is 0.656. The molecule has 3 N–H and O–H groups in total. The van der Waals surface area contributed by atoms with Gasteiger partial charge in [0.05, 0.1) is 12.7 Å². The van der Waals surface area contributed by atoms with E-state index >= 15 is 0 Å². The van der Waals surface area contributed by atoms with Gasteiger partial charge in [-0.05, 0) is 5.92 Å². The predicted molar refractivity (Wildman–Crippen MR) is 45.6 cm³/mol. The van der Waals surface area contributed by atoms with Crippen molar-refractivity contribution in [2.24, 2.45) is 11.7 Å². The van der Waals surface area contributed by atoms with Crippen molar-refractivity contribution in [1.82, 2.24) is 0 Å². The summed E-state index contributed by atoms with van der Waals surface area (Å²) in [6, 6.07) is -0.413. The van der Waals surface area contributed by atoms with E-state index in [-0.39, 0.29) is 12.5 Å². The van der Waals surface area contributed by atoms with Gasteiger partial charge in [0, 0.05) is 6.04 Å². The molecule has 0 spiro atoms. The molecule has 0 aromatic rings. The number of rotatable bonds is 6. The zero-order chi connectivity index (χ0) is 10.4. The minimum Gasteiger partial charge on any atom is -0.394 e.